The summed E-state index contributed by atoms with van der Waals surface area (Å²) in [5.41, 5.74) is 9.72. The van der Waals surface area contributed by atoms with Crippen LogP contribution in [0.1, 0.15) is 0 Å². The average Bonchev–Trinajstić information content (AvgIpc) is 2.39. The van der Waals surface area contributed by atoms with Crippen molar-refractivity contribution in [1.29, 1.82) is 0 Å². The van der Waals surface area contributed by atoms with Crippen molar-refractivity contribution < 1.29 is 17.6 Å². The molecule has 0 aliphatic heterocycles. The van der Waals surface area contributed by atoms with Crippen LogP contribution in [0, 0.1) is 23.3 Å². The lowest BCUT2D eigenvalue weighted by atomic mass is 10.3. The molecule has 0 amide bonds. The Bertz CT molecular complexity index is 543. The maximum absolute atomic E-state index is 12.5. The first-order valence-corrected chi connectivity index (χ1v) is 5.72. The summed E-state index contributed by atoms with van der Waals surface area (Å²) in [5, 5.41) is 0. The Kier molecular flexibility index (Phi) is 5.17. The van der Waals surface area contributed by atoms with E-state index in [9.17, 15) is 17.6 Å². The number of hydrogen-bond donors (Lipinski definition) is 2. The fourth-order valence-electron chi connectivity index (χ4n) is 1.06. The molecule has 0 bridgehead atoms. The molecule has 2 nitrogen and oxygen atoms in total. The van der Waals surface area contributed by atoms with Crippen LogP contribution in [-0.4, -0.2) is 0 Å². The topological polar surface area (TPSA) is 52.0 Å². The van der Waals surface area contributed by atoms with Gasteiger partial charge < -0.3 is 11.5 Å². The Morgan fingerprint density at radius 1 is 0.737 bits per heavy atom. The molecule has 2 aromatic rings. The van der Waals surface area contributed by atoms with Gasteiger partial charge in [0.1, 0.15) is 0 Å². The first-order valence-electron chi connectivity index (χ1n) is 4.93. The number of anilines is 2. The molecular formula is C12H9BrF4N2. The molecule has 0 saturated heterocycles. The third kappa shape index (κ3) is 3.85. The largest absolute Gasteiger partial charge is 0.396 e. The summed E-state index contributed by atoms with van der Waals surface area (Å²) in [6.07, 6.45) is 0. The van der Waals surface area contributed by atoms with Gasteiger partial charge in [-0.3, -0.25) is 0 Å². The number of nitrogens with two attached hydrogens (primary N) is 2. The highest BCUT2D eigenvalue weighted by molar-refractivity contribution is 9.10. The van der Waals surface area contributed by atoms with Crippen molar-refractivity contribution in [2.24, 2.45) is 0 Å². The Labute approximate surface area is 115 Å². The second-order valence-corrected chi connectivity index (χ2v) is 4.26. The van der Waals surface area contributed by atoms with Gasteiger partial charge in [0, 0.05) is 0 Å². The molecule has 0 unspecified atom stereocenters. The van der Waals surface area contributed by atoms with Crippen molar-refractivity contribution in [2.45, 2.75) is 0 Å². The van der Waals surface area contributed by atoms with Crippen LogP contribution in [0.5, 0.6) is 0 Å². The highest BCUT2D eigenvalue weighted by Gasteiger charge is 2.08. The molecule has 4 N–H and O–H groups in total. The van der Waals surface area contributed by atoms with Crippen LogP contribution in [0.15, 0.2) is 34.8 Å². The van der Waals surface area contributed by atoms with Crippen molar-refractivity contribution >= 4 is 27.3 Å². The number of nitrogen functional groups attached to an aromatic ring is 2. The van der Waals surface area contributed by atoms with Crippen molar-refractivity contribution in [3.05, 3.63) is 58.1 Å². The van der Waals surface area contributed by atoms with E-state index in [0.29, 0.717) is 0 Å². The van der Waals surface area contributed by atoms with Gasteiger partial charge in [-0.2, -0.15) is 0 Å². The molecule has 0 aliphatic carbocycles. The molecule has 0 saturated carbocycles. The van der Waals surface area contributed by atoms with Gasteiger partial charge in [0.2, 0.25) is 0 Å². The Balaban J connectivity index is 0.000000191. The first-order chi connectivity index (χ1) is 8.84. The molecule has 2 rings (SSSR count). The lowest BCUT2D eigenvalue weighted by Crippen LogP contribution is -1.93. The second-order valence-electron chi connectivity index (χ2n) is 3.41. The number of halogens is 5. The molecule has 0 heterocycles. The van der Waals surface area contributed by atoms with Crippen molar-refractivity contribution in [3.8, 4) is 0 Å². The van der Waals surface area contributed by atoms with Gasteiger partial charge in [-0.25, -0.2) is 17.6 Å². The number of rotatable bonds is 0. The third-order valence-electron chi connectivity index (χ3n) is 2.05. The van der Waals surface area contributed by atoms with Crippen molar-refractivity contribution in [1.82, 2.24) is 0 Å². The minimum atomic E-state index is -1.01. The molecule has 7 heteroatoms. The van der Waals surface area contributed by atoms with Gasteiger partial charge in [0.05, 0.1) is 15.8 Å². The quantitative estimate of drug-likeness (QED) is 0.436. The van der Waals surface area contributed by atoms with E-state index in [-0.39, 0.29) is 15.8 Å². The molecule has 102 valence electrons. The summed E-state index contributed by atoms with van der Waals surface area (Å²) in [7, 11) is 0. The van der Waals surface area contributed by atoms with Crippen LogP contribution in [-0.2, 0) is 0 Å². The maximum atomic E-state index is 12.5. The molecule has 0 radical (unpaired) electrons. The summed E-state index contributed by atoms with van der Waals surface area (Å²) in [4.78, 5) is 0. The lowest BCUT2D eigenvalue weighted by molar-refractivity contribution is 0.507. The second kappa shape index (κ2) is 6.42. The summed E-state index contributed by atoms with van der Waals surface area (Å²) in [5.74, 6) is -3.83. The molecule has 0 aliphatic rings. The van der Waals surface area contributed by atoms with Crippen LogP contribution >= 0.6 is 15.9 Å². The smallest absolute Gasteiger partial charge is 0.182 e. The van der Waals surface area contributed by atoms with E-state index in [1.54, 1.807) is 0 Å². The van der Waals surface area contributed by atoms with Crippen LogP contribution in [0.3, 0.4) is 0 Å². The summed E-state index contributed by atoms with van der Waals surface area (Å²) < 4.78 is 49.4. The zero-order chi connectivity index (χ0) is 14.6. The van der Waals surface area contributed by atoms with Crippen LogP contribution < -0.4 is 11.5 Å². The van der Waals surface area contributed by atoms with Gasteiger partial charge in [0.15, 0.2) is 23.3 Å². The highest BCUT2D eigenvalue weighted by Crippen LogP contribution is 2.21. The molecule has 0 atom stereocenters. The van der Waals surface area contributed by atoms with Crippen LogP contribution in [0.4, 0.5) is 28.9 Å². The number of hydrogen-bond acceptors (Lipinski definition) is 2. The van der Waals surface area contributed by atoms with E-state index in [4.69, 9.17) is 11.5 Å². The zero-order valence-corrected chi connectivity index (χ0v) is 11.0. The fourth-order valence-corrected chi connectivity index (χ4v) is 1.37. The highest BCUT2D eigenvalue weighted by atomic mass is 79.9. The molecule has 19 heavy (non-hydrogen) atoms. The van der Waals surface area contributed by atoms with Crippen molar-refractivity contribution in [3.63, 3.8) is 0 Å². The van der Waals surface area contributed by atoms with E-state index >= 15 is 0 Å². The SMILES string of the molecule is Nc1ccc(Br)c(F)c1F.Nc1cccc(F)c1F. The molecule has 0 spiro atoms. The zero-order valence-electron chi connectivity index (χ0n) is 9.43. The van der Waals surface area contributed by atoms with E-state index in [2.05, 4.69) is 15.9 Å². The van der Waals surface area contributed by atoms with E-state index in [1.807, 2.05) is 0 Å². The van der Waals surface area contributed by atoms with Gasteiger partial charge in [-0.15, -0.1) is 0 Å². The minimum Gasteiger partial charge on any atom is -0.396 e. The molecular weight excluding hydrogens is 328 g/mol. The Hall–Kier alpha value is -1.76. The third-order valence-corrected chi connectivity index (χ3v) is 2.66. The normalized spacial score (nSPS) is 9.74. The van der Waals surface area contributed by atoms with Crippen molar-refractivity contribution in [2.75, 3.05) is 11.5 Å². The molecule has 0 aromatic heterocycles. The Morgan fingerprint density at radius 3 is 1.79 bits per heavy atom. The summed E-state index contributed by atoms with van der Waals surface area (Å²) in [6, 6.07) is 6.33. The first kappa shape index (κ1) is 15.3. The Morgan fingerprint density at radius 2 is 1.32 bits per heavy atom. The van der Waals surface area contributed by atoms with Crippen LogP contribution in [0.2, 0.25) is 0 Å². The predicted molar refractivity (Wildman–Crippen MR) is 69.2 cm³/mol. The lowest BCUT2D eigenvalue weighted by Gasteiger charge is -1.97. The van der Waals surface area contributed by atoms with Crippen LogP contribution in [0.25, 0.3) is 0 Å². The van der Waals surface area contributed by atoms with E-state index in [1.165, 1.54) is 24.3 Å². The standard InChI is InChI=1S/C6H4BrF2N.C6H5F2N/c7-3-1-2-4(10)6(9)5(3)8;7-4-2-1-3-5(9)6(4)8/h1-2H,10H2;1-3H,9H2. The molecule has 2 aromatic carbocycles. The van der Waals surface area contributed by atoms with Gasteiger partial charge in [-0.05, 0) is 40.2 Å². The predicted octanol–water partition coefficient (Wildman–Crippen LogP) is 3.86. The average molecular weight is 337 g/mol. The fraction of sp³-hybridized carbons (Fsp3) is 0. The van der Waals surface area contributed by atoms with Gasteiger partial charge >= 0.3 is 0 Å². The molecule has 0 fully saturated rings. The summed E-state index contributed by atoms with van der Waals surface area (Å²) >= 11 is 2.81. The maximum Gasteiger partial charge on any atom is 0.182 e. The van der Waals surface area contributed by atoms with E-state index < -0.39 is 23.3 Å². The van der Waals surface area contributed by atoms with Gasteiger partial charge in [-0.1, -0.05) is 6.07 Å². The van der Waals surface area contributed by atoms with Gasteiger partial charge in [0.25, 0.3) is 0 Å². The monoisotopic (exact) mass is 336 g/mol. The van der Waals surface area contributed by atoms with E-state index in [0.717, 1.165) is 6.07 Å². The number of benzene rings is 2. The summed E-state index contributed by atoms with van der Waals surface area (Å²) in [6.45, 7) is 0. The minimum absolute atomic E-state index is 0.0826.